The summed E-state index contributed by atoms with van der Waals surface area (Å²) in [7, 11) is 4.02. The average Bonchev–Trinajstić information content (AvgIpc) is 2.19. The van der Waals surface area contributed by atoms with E-state index >= 15 is 0 Å². The van der Waals surface area contributed by atoms with Crippen LogP contribution in [0.25, 0.3) is 0 Å². The van der Waals surface area contributed by atoms with E-state index in [1.54, 1.807) is 13.0 Å². The van der Waals surface area contributed by atoms with Crippen LogP contribution in [0.15, 0.2) is 18.2 Å². The highest BCUT2D eigenvalue weighted by atomic mass is 16.5. The zero-order chi connectivity index (χ0) is 12.1. The minimum atomic E-state index is 0.0861. The molecule has 0 aliphatic heterocycles. The molecule has 0 heterocycles. The lowest BCUT2D eigenvalue weighted by Crippen LogP contribution is -2.19. The molecule has 0 bridgehead atoms. The number of hydrogen-bond donors (Lipinski definition) is 0. The molecule has 0 saturated heterocycles. The number of ketones is 1. The first kappa shape index (κ1) is 12.7. The lowest BCUT2D eigenvalue weighted by molar-refractivity contribution is 0.101. The molecule has 0 aromatic heterocycles. The van der Waals surface area contributed by atoms with Crippen LogP contribution in [-0.4, -0.2) is 37.9 Å². The number of rotatable bonds is 5. The second kappa shape index (κ2) is 5.66. The molecule has 0 fully saturated rings. The van der Waals surface area contributed by atoms with Crippen LogP contribution in [0.3, 0.4) is 0 Å². The molecule has 1 aromatic carbocycles. The number of benzene rings is 1. The van der Waals surface area contributed by atoms with Crippen molar-refractivity contribution >= 4 is 5.78 Å². The van der Waals surface area contributed by atoms with Gasteiger partial charge in [-0.25, -0.2) is 0 Å². The molecule has 0 aliphatic rings. The van der Waals surface area contributed by atoms with Gasteiger partial charge in [0.2, 0.25) is 0 Å². The fourth-order valence-electron chi connectivity index (χ4n) is 1.37. The van der Waals surface area contributed by atoms with Gasteiger partial charge < -0.3 is 9.64 Å². The maximum atomic E-state index is 11.2. The molecule has 3 nitrogen and oxygen atoms in total. The van der Waals surface area contributed by atoms with Crippen LogP contribution in [0.2, 0.25) is 0 Å². The molecular formula is C13H19NO2. The Kier molecular flexibility index (Phi) is 4.50. The number of likely N-dealkylation sites (N-methyl/N-ethyl adjacent to an activating group) is 1. The highest BCUT2D eigenvalue weighted by Crippen LogP contribution is 2.19. The maximum Gasteiger partial charge on any atom is 0.159 e. The standard InChI is InChI=1S/C13H19NO2/c1-10-9-12(11(2)15)5-6-13(10)16-8-7-14(3)4/h5-6,9H,7-8H2,1-4H3. The van der Waals surface area contributed by atoms with Crippen LogP contribution >= 0.6 is 0 Å². The van der Waals surface area contributed by atoms with E-state index < -0.39 is 0 Å². The van der Waals surface area contributed by atoms with Crippen molar-refractivity contribution in [3.63, 3.8) is 0 Å². The second-order valence-corrected chi connectivity index (χ2v) is 4.19. The zero-order valence-electron chi connectivity index (χ0n) is 10.4. The minimum Gasteiger partial charge on any atom is -0.492 e. The third-order valence-electron chi connectivity index (χ3n) is 2.38. The van der Waals surface area contributed by atoms with Crippen molar-refractivity contribution in [3.05, 3.63) is 29.3 Å². The number of aryl methyl sites for hydroxylation is 1. The van der Waals surface area contributed by atoms with Crippen LogP contribution < -0.4 is 4.74 Å². The Morgan fingerprint density at radius 1 is 1.38 bits per heavy atom. The summed E-state index contributed by atoms with van der Waals surface area (Å²) >= 11 is 0. The van der Waals surface area contributed by atoms with Crippen molar-refractivity contribution in [2.45, 2.75) is 13.8 Å². The van der Waals surface area contributed by atoms with Gasteiger partial charge in [0.05, 0.1) is 0 Å². The summed E-state index contributed by atoms with van der Waals surface area (Å²) in [5, 5.41) is 0. The zero-order valence-corrected chi connectivity index (χ0v) is 10.4. The maximum absolute atomic E-state index is 11.2. The Hall–Kier alpha value is -1.35. The monoisotopic (exact) mass is 221 g/mol. The predicted octanol–water partition coefficient (Wildman–Crippen LogP) is 2.14. The Bertz CT molecular complexity index is 372. The third kappa shape index (κ3) is 3.66. The quantitative estimate of drug-likeness (QED) is 0.713. The van der Waals surface area contributed by atoms with E-state index in [-0.39, 0.29) is 5.78 Å². The van der Waals surface area contributed by atoms with Gasteiger partial charge in [-0.15, -0.1) is 0 Å². The van der Waals surface area contributed by atoms with Gasteiger partial charge in [0.15, 0.2) is 5.78 Å². The molecule has 0 N–H and O–H groups in total. The van der Waals surface area contributed by atoms with Crippen LogP contribution in [0, 0.1) is 6.92 Å². The molecule has 0 unspecified atom stereocenters. The van der Waals surface area contributed by atoms with E-state index in [0.29, 0.717) is 6.61 Å². The lowest BCUT2D eigenvalue weighted by atomic mass is 10.1. The average molecular weight is 221 g/mol. The fraction of sp³-hybridized carbons (Fsp3) is 0.462. The molecule has 0 amide bonds. The van der Waals surface area contributed by atoms with Gasteiger partial charge in [-0.3, -0.25) is 4.79 Å². The molecule has 1 aromatic rings. The summed E-state index contributed by atoms with van der Waals surface area (Å²) in [5.74, 6) is 0.940. The van der Waals surface area contributed by atoms with Crippen molar-refractivity contribution in [2.75, 3.05) is 27.2 Å². The number of Topliss-reactive ketones (excluding diaryl/α,β-unsaturated/α-hetero) is 1. The van der Waals surface area contributed by atoms with Crippen molar-refractivity contribution in [3.8, 4) is 5.75 Å². The van der Waals surface area contributed by atoms with Crippen molar-refractivity contribution in [1.29, 1.82) is 0 Å². The summed E-state index contributed by atoms with van der Waals surface area (Å²) < 4.78 is 5.63. The van der Waals surface area contributed by atoms with E-state index in [2.05, 4.69) is 4.90 Å². The molecule has 0 saturated carbocycles. The van der Waals surface area contributed by atoms with E-state index in [9.17, 15) is 4.79 Å². The molecule has 0 atom stereocenters. The van der Waals surface area contributed by atoms with Crippen molar-refractivity contribution < 1.29 is 9.53 Å². The van der Waals surface area contributed by atoms with Gasteiger partial charge in [-0.2, -0.15) is 0 Å². The number of ether oxygens (including phenoxy) is 1. The van der Waals surface area contributed by atoms with Gasteiger partial charge in [-0.1, -0.05) is 0 Å². The second-order valence-electron chi connectivity index (χ2n) is 4.19. The molecule has 0 spiro atoms. The van der Waals surface area contributed by atoms with E-state index in [1.807, 2.05) is 33.2 Å². The Labute approximate surface area is 97.0 Å². The molecule has 16 heavy (non-hydrogen) atoms. The largest absolute Gasteiger partial charge is 0.492 e. The highest BCUT2D eigenvalue weighted by molar-refractivity contribution is 5.94. The highest BCUT2D eigenvalue weighted by Gasteiger charge is 2.04. The molecule has 88 valence electrons. The third-order valence-corrected chi connectivity index (χ3v) is 2.38. The van der Waals surface area contributed by atoms with Gasteiger partial charge in [0, 0.05) is 12.1 Å². The topological polar surface area (TPSA) is 29.5 Å². The van der Waals surface area contributed by atoms with Crippen LogP contribution in [0.4, 0.5) is 0 Å². The Morgan fingerprint density at radius 3 is 2.56 bits per heavy atom. The number of nitrogens with zero attached hydrogens (tertiary/aromatic N) is 1. The molecule has 0 radical (unpaired) electrons. The summed E-state index contributed by atoms with van der Waals surface area (Å²) in [4.78, 5) is 13.2. The Balaban J connectivity index is 2.64. The first-order valence-corrected chi connectivity index (χ1v) is 5.40. The van der Waals surface area contributed by atoms with Crippen LogP contribution in [0.5, 0.6) is 5.75 Å². The summed E-state index contributed by atoms with van der Waals surface area (Å²) in [6.07, 6.45) is 0. The van der Waals surface area contributed by atoms with E-state index in [4.69, 9.17) is 4.74 Å². The molecule has 3 heteroatoms. The number of hydrogen-bond acceptors (Lipinski definition) is 3. The number of carbonyl (C=O) groups is 1. The normalized spacial score (nSPS) is 10.6. The molecular weight excluding hydrogens is 202 g/mol. The number of carbonyl (C=O) groups excluding carboxylic acids is 1. The minimum absolute atomic E-state index is 0.0861. The van der Waals surface area contributed by atoms with Crippen LogP contribution in [-0.2, 0) is 0 Å². The molecule has 1 rings (SSSR count). The first-order valence-electron chi connectivity index (χ1n) is 5.40. The lowest BCUT2D eigenvalue weighted by Gasteiger charge is -2.13. The summed E-state index contributed by atoms with van der Waals surface area (Å²) in [6.45, 7) is 5.07. The molecule has 0 aliphatic carbocycles. The van der Waals surface area contributed by atoms with E-state index in [1.165, 1.54) is 0 Å². The van der Waals surface area contributed by atoms with Crippen molar-refractivity contribution in [1.82, 2.24) is 4.90 Å². The van der Waals surface area contributed by atoms with Crippen LogP contribution in [0.1, 0.15) is 22.8 Å². The van der Waals surface area contributed by atoms with Gasteiger partial charge in [0.1, 0.15) is 12.4 Å². The first-order chi connectivity index (χ1) is 7.50. The summed E-state index contributed by atoms with van der Waals surface area (Å²) in [5.41, 5.74) is 1.74. The fourth-order valence-corrected chi connectivity index (χ4v) is 1.37. The van der Waals surface area contributed by atoms with Gasteiger partial charge in [0.25, 0.3) is 0 Å². The SMILES string of the molecule is CC(=O)c1ccc(OCCN(C)C)c(C)c1. The van der Waals surface area contributed by atoms with Gasteiger partial charge >= 0.3 is 0 Å². The van der Waals surface area contributed by atoms with Gasteiger partial charge in [-0.05, 0) is 51.7 Å². The smallest absolute Gasteiger partial charge is 0.159 e. The Morgan fingerprint density at radius 2 is 2.06 bits per heavy atom. The predicted molar refractivity (Wildman–Crippen MR) is 65.2 cm³/mol. The van der Waals surface area contributed by atoms with E-state index in [0.717, 1.165) is 23.4 Å². The summed E-state index contributed by atoms with van der Waals surface area (Å²) in [6, 6.07) is 5.54. The van der Waals surface area contributed by atoms with Crippen molar-refractivity contribution in [2.24, 2.45) is 0 Å².